The van der Waals surface area contributed by atoms with E-state index in [0.717, 1.165) is 10.4 Å². The summed E-state index contributed by atoms with van der Waals surface area (Å²) in [4.78, 5) is 23.5. The molecule has 2 amide bonds. The maximum absolute atomic E-state index is 11.4. The molecule has 5 nitrogen and oxygen atoms in total. The molecule has 6 heteroatoms. The summed E-state index contributed by atoms with van der Waals surface area (Å²) in [5, 5.41) is 16.6. The van der Waals surface area contributed by atoms with Crippen molar-refractivity contribution in [1.82, 2.24) is 10.6 Å². The molecule has 18 heavy (non-hydrogen) atoms. The predicted octanol–water partition coefficient (Wildman–Crippen LogP) is 0.731. The van der Waals surface area contributed by atoms with Crippen LogP contribution in [0.1, 0.15) is 30.4 Å². The summed E-state index contributed by atoms with van der Waals surface area (Å²) < 4.78 is 0. The molecule has 0 spiro atoms. The van der Waals surface area contributed by atoms with E-state index in [2.05, 4.69) is 10.6 Å². The van der Waals surface area contributed by atoms with Gasteiger partial charge in [-0.1, -0.05) is 0 Å². The van der Waals surface area contributed by atoms with Crippen molar-refractivity contribution >= 4 is 23.2 Å². The maximum Gasteiger partial charge on any atom is 0.309 e. The fourth-order valence-corrected chi connectivity index (χ4v) is 2.33. The van der Waals surface area contributed by atoms with E-state index >= 15 is 0 Å². The van der Waals surface area contributed by atoms with Crippen molar-refractivity contribution in [1.29, 1.82) is 0 Å². The molecule has 1 aromatic heterocycles. The highest BCUT2D eigenvalue weighted by Crippen LogP contribution is 2.22. The molecule has 0 aliphatic rings. The first-order valence-electron chi connectivity index (χ1n) is 5.72. The molecular weight excluding hydrogens is 252 g/mol. The zero-order chi connectivity index (χ0) is 13.7. The molecule has 1 unspecified atom stereocenters. The number of carbonyl (C=O) groups excluding carboxylic acids is 2. The van der Waals surface area contributed by atoms with Crippen LogP contribution in [0.2, 0.25) is 0 Å². The number of carbonyl (C=O) groups is 2. The number of hydrogen-bond donors (Lipinski definition) is 3. The Morgan fingerprint density at radius 2 is 2.06 bits per heavy atom. The Balaban J connectivity index is 2.44. The van der Waals surface area contributed by atoms with Crippen LogP contribution in [-0.2, 0) is 9.59 Å². The number of aryl methyl sites for hydroxylation is 1. The van der Waals surface area contributed by atoms with Crippen LogP contribution in [0.15, 0.2) is 11.4 Å². The van der Waals surface area contributed by atoms with Gasteiger partial charge >= 0.3 is 11.8 Å². The van der Waals surface area contributed by atoms with Gasteiger partial charge in [0.25, 0.3) is 0 Å². The molecule has 0 aliphatic carbocycles. The van der Waals surface area contributed by atoms with Crippen LogP contribution in [0.3, 0.4) is 0 Å². The smallest absolute Gasteiger partial charge is 0.309 e. The molecule has 1 aromatic rings. The maximum atomic E-state index is 11.4. The van der Waals surface area contributed by atoms with Crippen LogP contribution in [-0.4, -0.2) is 29.5 Å². The Bertz CT molecular complexity index is 429. The van der Waals surface area contributed by atoms with Gasteiger partial charge in [0, 0.05) is 17.5 Å². The third-order valence-corrected chi connectivity index (χ3v) is 3.41. The molecule has 0 fully saturated rings. The van der Waals surface area contributed by atoms with Gasteiger partial charge in [-0.15, -0.1) is 11.3 Å². The summed E-state index contributed by atoms with van der Waals surface area (Å²) >= 11 is 1.43. The molecule has 0 saturated heterocycles. The second-order valence-corrected chi connectivity index (χ2v) is 5.27. The third kappa shape index (κ3) is 4.12. The van der Waals surface area contributed by atoms with Gasteiger partial charge in [-0.3, -0.25) is 9.59 Å². The Morgan fingerprint density at radius 3 is 2.56 bits per heavy atom. The molecule has 0 bridgehead atoms. The molecular formula is C12H18N2O3S. The van der Waals surface area contributed by atoms with E-state index in [1.807, 2.05) is 18.4 Å². The average Bonchev–Trinajstić information content (AvgIpc) is 2.70. The quantitative estimate of drug-likeness (QED) is 0.706. The van der Waals surface area contributed by atoms with Crippen molar-refractivity contribution in [2.75, 3.05) is 6.54 Å². The van der Waals surface area contributed by atoms with Crippen LogP contribution in [0.25, 0.3) is 0 Å². The number of nitrogens with one attached hydrogen (secondary N) is 2. The lowest BCUT2D eigenvalue weighted by Gasteiger charge is -2.12. The van der Waals surface area contributed by atoms with Crippen molar-refractivity contribution in [3.05, 3.63) is 21.9 Å². The highest BCUT2D eigenvalue weighted by atomic mass is 32.1. The number of thiophene rings is 1. The van der Waals surface area contributed by atoms with Gasteiger partial charge in [0.2, 0.25) is 0 Å². The summed E-state index contributed by atoms with van der Waals surface area (Å²) in [5.41, 5.74) is 0.980. The lowest BCUT2D eigenvalue weighted by molar-refractivity contribution is -0.139. The van der Waals surface area contributed by atoms with E-state index in [1.54, 1.807) is 13.8 Å². The molecule has 3 N–H and O–H groups in total. The normalized spacial score (nSPS) is 12.3. The Morgan fingerprint density at radius 1 is 1.39 bits per heavy atom. The number of amides is 2. The van der Waals surface area contributed by atoms with E-state index in [-0.39, 0.29) is 12.6 Å². The van der Waals surface area contributed by atoms with Gasteiger partial charge in [0.05, 0.1) is 0 Å². The number of aliphatic hydroxyl groups is 1. The van der Waals surface area contributed by atoms with Crippen LogP contribution in [0, 0.1) is 6.92 Å². The monoisotopic (exact) mass is 270 g/mol. The second-order valence-electron chi connectivity index (χ2n) is 4.32. The first kappa shape index (κ1) is 14.7. The molecule has 100 valence electrons. The number of hydrogen-bond acceptors (Lipinski definition) is 4. The number of aliphatic hydroxyl groups excluding tert-OH is 1. The zero-order valence-corrected chi connectivity index (χ0v) is 11.5. The highest BCUT2D eigenvalue weighted by molar-refractivity contribution is 7.10. The van der Waals surface area contributed by atoms with Gasteiger partial charge in [-0.05, 0) is 37.8 Å². The molecule has 0 aromatic carbocycles. The van der Waals surface area contributed by atoms with E-state index in [1.165, 1.54) is 11.3 Å². The SMILES string of the molecule is Cc1ccsc1C(O)CNC(=O)C(=O)NC(C)C. The molecule has 1 rings (SSSR count). The molecule has 0 aliphatic heterocycles. The zero-order valence-electron chi connectivity index (χ0n) is 10.7. The fraction of sp³-hybridized carbons (Fsp3) is 0.500. The summed E-state index contributed by atoms with van der Waals surface area (Å²) in [6, 6.07) is 1.81. The van der Waals surface area contributed by atoms with E-state index < -0.39 is 17.9 Å². The Kier molecular flexibility index (Phi) is 5.30. The molecule has 1 heterocycles. The first-order chi connectivity index (χ1) is 8.41. The van der Waals surface area contributed by atoms with E-state index in [4.69, 9.17) is 0 Å². The topological polar surface area (TPSA) is 78.4 Å². The molecule has 1 atom stereocenters. The van der Waals surface area contributed by atoms with Gasteiger partial charge in [0.1, 0.15) is 6.10 Å². The summed E-state index contributed by atoms with van der Waals surface area (Å²) in [6.45, 7) is 5.47. The molecule has 0 radical (unpaired) electrons. The Hall–Kier alpha value is -1.40. The summed E-state index contributed by atoms with van der Waals surface area (Å²) in [7, 11) is 0. The Labute approximate surface area is 110 Å². The first-order valence-corrected chi connectivity index (χ1v) is 6.60. The summed E-state index contributed by atoms with van der Waals surface area (Å²) in [6.07, 6.45) is -0.777. The van der Waals surface area contributed by atoms with Gasteiger partial charge < -0.3 is 15.7 Å². The van der Waals surface area contributed by atoms with E-state index in [0.29, 0.717) is 0 Å². The summed E-state index contributed by atoms with van der Waals surface area (Å²) in [5.74, 6) is -1.41. The van der Waals surface area contributed by atoms with Crippen LogP contribution in [0.5, 0.6) is 0 Å². The standard InChI is InChI=1S/C12H18N2O3S/c1-7(2)14-12(17)11(16)13-6-9(15)10-8(3)4-5-18-10/h4-5,7,9,15H,6H2,1-3H3,(H,13,16)(H,14,17). The van der Waals surface area contributed by atoms with Crippen molar-refractivity contribution in [3.63, 3.8) is 0 Å². The van der Waals surface area contributed by atoms with Crippen molar-refractivity contribution in [2.24, 2.45) is 0 Å². The minimum atomic E-state index is -0.777. The van der Waals surface area contributed by atoms with Crippen LogP contribution < -0.4 is 10.6 Å². The lowest BCUT2D eigenvalue weighted by atomic mass is 10.2. The minimum Gasteiger partial charge on any atom is -0.386 e. The molecule has 0 saturated carbocycles. The average molecular weight is 270 g/mol. The van der Waals surface area contributed by atoms with E-state index in [9.17, 15) is 14.7 Å². The van der Waals surface area contributed by atoms with Gasteiger partial charge in [-0.2, -0.15) is 0 Å². The van der Waals surface area contributed by atoms with Crippen LogP contribution in [0.4, 0.5) is 0 Å². The van der Waals surface area contributed by atoms with Crippen LogP contribution >= 0.6 is 11.3 Å². The third-order valence-electron chi connectivity index (χ3n) is 2.29. The highest BCUT2D eigenvalue weighted by Gasteiger charge is 2.17. The fourth-order valence-electron chi connectivity index (χ4n) is 1.42. The van der Waals surface area contributed by atoms with Crippen molar-refractivity contribution in [2.45, 2.75) is 32.9 Å². The van der Waals surface area contributed by atoms with Crippen molar-refractivity contribution in [3.8, 4) is 0 Å². The lowest BCUT2D eigenvalue weighted by Crippen LogP contribution is -2.43. The van der Waals surface area contributed by atoms with Crippen molar-refractivity contribution < 1.29 is 14.7 Å². The predicted molar refractivity (Wildman–Crippen MR) is 70.3 cm³/mol. The number of rotatable bonds is 4. The minimum absolute atomic E-state index is 0.0334. The van der Waals surface area contributed by atoms with Gasteiger partial charge in [-0.25, -0.2) is 0 Å². The van der Waals surface area contributed by atoms with Gasteiger partial charge in [0.15, 0.2) is 0 Å². The second kappa shape index (κ2) is 6.51. The largest absolute Gasteiger partial charge is 0.386 e.